The molecule has 12 heteroatoms. The summed E-state index contributed by atoms with van der Waals surface area (Å²) in [4.78, 5) is 21.5. The largest absolute Gasteiger partial charge is 0.417 e. The van der Waals surface area contributed by atoms with Crippen molar-refractivity contribution in [2.24, 2.45) is 0 Å². The van der Waals surface area contributed by atoms with Gasteiger partial charge < -0.3 is 9.72 Å². The number of aromatic nitrogens is 7. The number of nitrogens with zero attached hydrogens (tertiary/aromatic N) is 7. The number of carbonyl (C=O) groups excluding carboxylic acids is 1. The van der Waals surface area contributed by atoms with Crippen LogP contribution in [0.1, 0.15) is 47.1 Å². The van der Waals surface area contributed by atoms with Gasteiger partial charge in [0.1, 0.15) is 5.65 Å². The lowest BCUT2D eigenvalue weighted by Crippen LogP contribution is -2.15. The standard InChI is InChI=1S/C24H21F3N8O/c1-15(2)22-19(11-30-35(22)20-7-6-16(9-28-20)24(25,26)27)23(36)32-17-10-29-34(13-17)14-18-12-33-8-4-3-5-21(33)31-18/h3-13,15H,14H2,1-2H3,(H,32,36). The summed E-state index contributed by atoms with van der Waals surface area (Å²) in [6, 6.07) is 7.90. The van der Waals surface area contributed by atoms with E-state index in [9.17, 15) is 18.0 Å². The van der Waals surface area contributed by atoms with Gasteiger partial charge in [-0.2, -0.15) is 23.4 Å². The summed E-state index contributed by atoms with van der Waals surface area (Å²) in [6.45, 7) is 4.15. The maximum atomic E-state index is 13.1. The van der Waals surface area contributed by atoms with Crippen molar-refractivity contribution in [3.8, 4) is 5.82 Å². The molecule has 0 spiro atoms. The van der Waals surface area contributed by atoms with Gasteiger partial charge in [0, 0.05) is 24.8 Å². The number of alkyl halides is 3. The van der Waals surface area contributed by atoms with Gasteiger partial charge in [0.15, 0.2) is 5.82 Å². The highest BCUT2D eigenvalue weighted by Crippen LogP contribution is 2.29. The highest BCUT2D eigenvalue weighted by molar-refractivity contribution is 6.05. The molecule has 0 radical (unpaired) electrons. The number of pyridine rings is 2. The Morgan fingerprint density at radius 1 is 1.06 bits per heavy atom. The van der Waals surface area contributed by atoms with E-state index in [-0.39, 0.29) is 11.7 Å². The monoisotopic (exact) mass is 494 g/mol. The summed E-state index contributed by atoms with van der Waals surface area (Å²) in [5.41, 5.74) is 2.09. The number of rotatable bonds is 6. The first-order chi connectivity index (χ1) is 17.2. The van der Waals surface area contributed by atoms with Gasteiger partial charge in [-0.3, -0.25) is 9.48 Å². The SMILES string of the molecule is CC(C)c1c(C(=O)Nc2cnn(Cc3cn4ccccc4n3)c2)cnn1-c1ccc(C(F)(F)F)cn1. The third kappa shape index (κ3) is 4.57. The number of fused-ring (bicyclic) bond motifs is 1. The van der Waals surface area contributed by atoms with Crippen LogP contribution >= 0.6 is 0 Å². The molecule has 36 heavy (non-hydrogen) atoms. The van der Waals surface area contributed by atoms with Crippen LogP contribution in [-0.4, -0.2) is 39.8 Å². The van der Waals surface area contributed by atoms with Gasteiger partial charge in [-0.1, -0.05) is 19.9 Å². The van der Waals surface area contributed by atoms with Crippen LogP contribution in [0.5, 0.6) is 0 Å². The second-order valence-electron chi connectivity index (χ2n) is 8.49. The van der Waals surface area contributed by atoms with Crippen LogP contribution < -0.4 is 5.32 Å². The Morgan fingerprint density at radius 3 is 2.58 bits per heavy atom. The van der Waals surface area contributed by atoms with Crippen molar-refractivity contribution in [2.75, 3.05) is 5.32 Å². The van der Waals surface area contributed by atoms with Crippen molar-refractivity contribution >= 4 is 17.2 Å². The first-order valence-corrected chi connectivity index (χ1v) is 11.1. The smallest absolute Gasteiger partial charge is 0.319 e. The Morgan fingerprint density at radius 2 is 1.89 bits per heavy atom. The average molecular weight is 494 g/mol. The molecule has 0 saturated heterocycles. The summed E-state index contributed by atoms with van der Waals surface area (Å²) < 4.78 is 43.6. The Balaban J connectivity index is 1.34. The number of halogens is 3. The molecule has 184 valence electrons. The van der Waals surface area contributed by atoms with Gasteiger partial charge in [0.2, 0.25) is 0 Å². The molecule has 5 aromatic heterocycles. The zero-order chi connectivity index (χ0) is 25.4. The molecule has 0 unspecified atom stereocenters. The minimum atomic E-state index is -4.49. The zero-order valence-electron chi connectivity index (χ0n) is 19.3. The predicted octanol–water partition coefficient (Wildman–Crippen LogP) is 4.55. The molecule has 1 amide bonds. The second-order valence-corrected chi connectivity index (χ2v) is 8.49. The summed E-state index contributed by atoms with van der Waals surface area (Å²) >= 11 is 0. The average Bonchev–Trinajstić information content (AvgIpc) is 3.56. The molecule has 1 N–H and O–H groups in total. The molecule has 9 nitrogen and oxygen atoms in total. The number of imidazole rings is 1. The molecule has 0 atom stereocenters. The van der Waals surface area contributed by atoms with Crippen LogP contribution in [0.15, 0.2) is 67.5 Å². The first-order valence-electron chi connectivity index (χ1n) is 11.1. The quantitative estimate of drug-likeness (QED) is 0.374. The van der Waals surface area contributed by atoms with E-state index in [0.29, 0.717) is 23.5 Å². The molecule has 0 fully saturated rings. The molecule has 0 bridgehead atoms. The normalized spacial score (nSPS) is 11.9. The van der Waals surface area contributed by atoms with Gasteiger partial charge in [-0.15, -0.1) is 0 Å². The maximum Gasteiger partial charge on any atom is 0.417 e. The summed E-state index contributed by atoms with van der Waals surface area (Å²) in [7, 11) is 0. The molecular formula is C24H21F3N8O. The van der Waals surface area contributed by atoms with Crippen LogP contribution in [0.25, 0.3) is 11.5 Å². The zero-order valence-corrected chi connectivity index (χ0v) is 19.3. The van der Waals surface area contributed by atoms with Gasteiger partial charge in [0.05, 0.1) is 47.1 Å². The number of anilines is 1. The Bertz CT molecular complexity index is 1500. The van der Waals surface area contributed by atoms with Crippen LogP contribution in [0, 0.1) is 0 Å². The Kier molecular flexibility index (Phi) is 5.78. The lowest BCUT2D eigenvalue weighted by atomic mass is 10.1. The minimum absolute atomic E-state index is 0.157. The van der Waals surface area contributed by atoms with Crippen LogP contribution in [0.2, 0.25) is 0 Å². The van der Waals surface area contributed by atoms with E-state index in [0.717, 1.165) is 23.6 Å². The Labute approximate surface area is 203 Å². The van der Waals surface area contributed by atoms with Crippen molar-refractivity contribution in [3.63, 3.8) is 0 Å². The molecule has 0 saturated carbocycles. The van der Waals surface area contributed by atoms with Crippen LogP contribution in [-0.2, 0) is 12.7 Å². The summed E-state index contributed by atoms with van der Waals surface area (Å²) in [5.74, 6) is -0.384. The molecule has 0 aliphatic heterocycles. The van der Waals surface area contributed by atoms with Gasteiger partial charge in [0.25, 0.3) is 5.91 Å². The molecule has 0 aliphatic rings. The Hall–Kier alpha value is -4.48. The molecule has 5 rings (SSSR count). The van der Waals surface area contributed by atoms with E-state index in [1.165, 1.54) is 23.1 Å². The lowest BCUT2D eigenvalue weighted by molar-refractivity contribution is -0.137. The van der Waals surface area contributed by atoms with E-state index in [1.807, 2.05) is 48.8 Å². The lowest BCUT2D eigenvalue weighted by Gasteiger charge is -2.13. The third-order valence-electron chi connectivity index (χ3n) is 5.52. The number of hydrogen-bond acceptors (Lipinski definition) is 5. The fraction of sp³-hybridized carbons (Fsp3) is 0.208. The molecule has 0 aromatic carbocycles. The number of amides is 1. The predicted molar refractivity (Wildman–Crippen MR) is 125 cm³/mol. The van der Waals surface area contributed by atoms with Crippen molar-refractivity contribution in [1.29, 1.82) is 0 Å². The highest BCUT2D eigenvalue weighted by Gasteiger charge is 2.31. The molecule has 5 aromatic rings. The number of carbonyl (C=O) groups is 1. The van der Waals surface area contributed by atoms with Gasteiger partial charge in [-0.05, 0) is 30.2 Å². The minimum Gasteiger partial charge on any atom is -0.319 e. The fourth-order valence-electron chi connectivity index (χ4n) is 3.89. The molecule has 0 aliphatic carbocycles. The van der Waals surface area contributed by atoms with Crippen molar-refractivity contribution < 1.29 is 18.0 Å². The van der Waals surface area contributed by atoms with Crippen molar-refractivity contribution in [2.45, 2.75) is 32.5 Å². The van der Waals surface area contributed by atoms with Crippen molar-refractivity contribution in [1.82, 2.24) is 33.9 Å². The molecule has 5 heterocycles. The van der Waals surface area contributed by atoms with Crippen LogP contribution in [0.4, 0.5) is 18.9 Å². The first kappa shape index (κ1) is 23.3. The third-order valence-corrected chi connectivity index (χ3v) is 5.52. The summed E-state index contributed by atoms with van der Waals surface area (Å²) in [6.07, 6.45) is 4.69. The van der Waals surface area contributed by atoms with E-state index in [1.54, 1.807) is 10.9 Å². The fourth-order valence-corrected chi connectivity index (χ4v) is 3.89. The van der Waals surface area contributed by atoms with E-state index < -0.39 is 17.6 Å². The van der Waals surface area contributed by atoms with Crippen molar-refractivity contribution in [3.05, 3.63) is 90.0 Å². The van der Waals surface area contributed by atoms with E-state index in [4.69, 9.17) is 0 Å². The summed E-state index contributed by atoms with van der Waals surface area (Å²) in [5, 5.41) is 11.3. The van der Waals surface area contributed by atoms with E-state index in [2.05, 4.69) is 25.5 Å². The van der Waals surface area contributed by atoms with Gasteiger partial charge >= 0.3 is 6.18 Å². The van der Waals surface area contributed by atoms with Gasteiger partial charge in [-0.25, -0.2) is 14.6 Å². The topological polar surface area (TPSA) is 94.9 Å². The second kappa shape index (κ2) is 8.95. The molecular weight excluding hydrogens is 473 g/mol. The number of hydrogen-bond donors (Lipinski definition) is 1. The van der Waals surface area contributed by atoms with E-state index >= 15 is 0 Å². The highest BCUT2D eigenvalue weighted by atomic mass is 19.4. The number of nitrogens with one attached hydrogen (secondary N) is 1. The van der Waals surface area contributed by atoms with Crippen LogP contribution in [0.3, 0.4) is 0 Å². The maximum absolute atomic E-state index is 13.1.